The Kier molecular flexibility index (Phi) is 5.39. The topological polar surface area (TPSA) is 79.2 Å². The molecule has 1 heterocycles. The average molecular weight is 361 g/mol. The van der Waals surface area contributed by atoms with Gasteiger partial charge in [-0.1, -0.05) is 6.07 Å². The molecule has 2 aromatic rings. The van der Waals surface area contributed by atoms with E-state index in [9.17, 15) is 19.4 Å². The summed E-state index contributed by atoms with van der Waals surface area (Å²) in [7, 11) is 1.42. The quantitative estimate of drug-likeness (QED) is 0.851. The molecule has 0 saturated heterocycles. The third-order valence-electron chi connectivity index (χ3n) is 4.40. The van der Waals surface area contributed by atoms with Crippen molar-refractivity contribution < 1.29 is 28.9 Å². The van der Waals surface area contributed by atoms with Gasteiger partial charge in [-0.25, -0.2) is 4.39 Å². The van der Waals surface area contributed by atoms with E-state index in [1.54, 1.807) is 23.1 Å². The first kappa shape index (κ1) is 18.2. The van der Waals surface area contributed by atoms with Crippen LogP contribution in [0.4, 0.5) is 4.39 Å². The zero-order valence-electron chi connectivity index (χ0n) is 14.3. The van der Waals surface area contributed by atoms with Crippen LogP contribution in [0.25, 0.3) is 0 Å². The lowest BCUT2D eigenvalue weighted by Gasteiger charge is -2.28. The van der Waals surface area contributed by atoms with Gasteiger partial charge in [-0.15, -0.1) is 0 Å². The fraction of sp³-hybridized carbons (Fsp3) is 0.316. The van der Waals surface area contributed by atoms with Gasteiger partial charge in [0.15, 0.2) is 0 Å². The number of hydrogen-bond acceptors (Lipinski definition) is 5. The van der Waals surface area contributed by atoms with E-state index in [-0.39, 0.29) is 12.2 Å². The number of aliphatic hydroxyl groups is 1. The van der Waals surface area contributed by atoms with Crippen molar-refractivity contribution in [2.45, 2.75) is 19.2 Å². The van der Waals surface area contributed by atoms with Crippen molar-refractivity contribution in [2.24, 2.45) is 0 Å². The number of halogens is 1. The van der Waals surface area contributed by atoms with Gasteiger partial charge in [0.25, 0.3) is 0 Å². The highest BCUT2D eigenvalue weighted by molar-refractivity contribution is 5.76. The molecule has 0 spiro atoms. The standard InChI is InChI=1S/C19H20FNO5/c1-25-17-5-3-14(20)9-15(17)18(19(23)24)21-6-7-26-16-4-2-12(11-22)8-13(16)10-21/h2-5,8-9,18,22H,6-7,10-11H2,1H3,(H,23,24). The fourth-order valence-electron chi connectivity index (χ4n) is 3.19. The predicted octanol–water partition coefficient (Wildman–Crippen LogP) is 2.35. The average Bonchev–Trinajstić information content (AvgIpc) is 2.83. The van der Waals surface area contributed by atoms with E-state index < -0.39 is 17.8 Å². The Balaban J connectivity index is 2.00. The van der Waals surface area contributed by atoms with E-state index in [2.05, 4.69) is 0 Å². The highest BCUT2D eigenvalue weighted by Crippen LogP contribution is 2.34. The van der Waals surface area contributed by atoms with Crippen LogP contribution in [-0.2, 0) is 17.9 Å². The SMILES string of the molecule is COc1ccc(F)cc1C(C(=O)O)N1CCOc2ccc(CO)cc2C1. The Morgan fingerprint density at radius 2 is 2.15 bits per heavy atom. The van der Waals surface area contributed by atoms with Crippen LogP contribution in [0.5, 0.6) is 11.5 Å². The Hall–Kier alpha value is -2.64. The molecule has 0 saturated carbocycles. The summed E-state index contributed by atoms with van der Waals surface area (Å²) in [6, 6.07) is 8.07. The Bertz CT molecular complexity index is 811. The molecule has 0 aromatic heterocycles. The molecule has 1 aliphatic rings. The van der Waals surface area contributed by atoms with Crippen molar-refractivity contribution >= 4 is 5.97 Å². The van der Waals surface area contributed by atoms with E-state index in [0.29, 0.717) is 36.8 Å². The molecule has 0 aliphatic carbocycles. The molecule has 1 atom stereocenters. The zero-order chi connectivity index (χ0) is 18.7. The fourth-order valence-corrected chi connectivity index (χ4v) is 3.19. The van der Waals surface area contributed by atoms with Crippen LogP contribution in [0.1, 0.15) is 22.7 Å². The third-order valence-corrected chi connectivity index (χ3v) is 4.40. The summed E-state index contributed by atoms with van der Waals surface area (Å²) in [5.41, 5.74) is 1.74. The first-order valence-electron chi connectivity index (χ1n) is 8.19. The molecule has 0 fully saturated rings. The molecule has 7 heteroatoms. The summed E-state index contributed by atoms with van der Waals surface area (Å²) < 4.78 is 24.7. The number of aliphatic carboxylic acids is 1. The van der Waals surface area contributed by atoms with Crippen LogP contribution in [-0.4, -0.2) is 41.3 Å². The highest BCUT2D eigenvalue weighted by atomic mass is 19.1. The summed E-state index contributed by atoms with van der Waals surface area (Å²) >= 11 is 0. The lowest BCUT2D eigenvalue weighted by molar-refractivity contribution is -0.144. The second-order valence-electron chi connectivity index (χ2n) is 6.05. The number of fused-ring (bicyclic) bond motifs is 1. The van der Waals surface area contributed by atoms with Gasteiger partial charge < -0.3 is 19.7 Å². The van der Waals surface area contributed by atoms with Gasteiger partial charge in [0, 0.05) is 24.2 Å². The maximum absolute atomic E-state index is 13.8. The molecular weight excluding hydrogens is 341 g/mol. The van der Waals surface area contributed by atoms with Gasteiger partial charge >= 0.3 is 5.97 Å². The third kappa shape index (κ3) is 3.63. The second-order valence-corrected chi connectivity index (χ2v) is 6.05. The number of rotatable bonds is 5. The molecule has 0 amide bonds. The number of carbonyl (C=O) groups is 1. The summed E-state index contributed by atoms with van der Waals surface area (Å²) in [6.07, 6.45) is 0. The van der Waals surface area contributed by atoms with E-state index >= 15 is 0 Å². The smallest absolute Gasteiger partial charge is 0.325 e. The number of carboxylic acid groups (broad SMARTS) is 1. The van der Waals surface area contributed by atoms with Gasteiger partial charge in [0.2, 0.25) is 0 Å². The number of ether oxygens (including phenoxy) is 2. The van der Waals surface area contributed by atoms with Crippen LogP contribution in [0.15, 0.2) is 36.4 Å². The van der Waals surface area contributed by atoms with E-state index in [1.807, 2.05) is 0 Å². The summed E-state index contributed by atoms with van der Waals surface area (Å²) in [5, 5.41) is 19.2. The van der Waals surface area contributed by atoms with Gasteiger partial charge in [-0.05, 0) is 35.9 Å². The Morgan fingerprint density at radius 3 is 2.85 bits per heavy atom. The minimum atomic E-state index is -1.10. The normalized spacial score (nSPS) is 15.5. The largest absolute Gasteiger partial charge is 0.496 e. The van der Waals surface area contributed by atoms with Crippen LogP contribution >= 0.6 is 0 Å². The van der Waals surface area contributed by atoms with Crippen molar-refractivity contribution in [3.05, 3.63) is 58.9 Å². The molecule has 0 radical (unpaired) electrons. The van der Waals surface area contributed by atoms with Gasteiger partial charge in [0.05, 0.1) is 13.7 Å². The Morgan fingerprint density at radius 1 is 1.35 bits per heavy atom. The predicted molar refractivity (Wildman–Crippen MR) is 91.6 cm³/mol. The number of carboxylic acids is 1. The van der Waals surface area contributed by atoms with Crippen molar-refractivity contribution in [3.63, 3.8) is 0 Å². The summed E-state index contributed by atoms with van der Waals surface area (Å²) in [4.78, 5) is 13.7. The van der Waals surface area contributed by atoms with Crippen LogP contribution in [0, 0.1) is 5.82 Å². The first-order valence-corrected chi connectivity index (χ1v) is 8.19. The molecule has 1 unspecified atom stereocenters. The number of methoxy groups -OCH3 is 1. The second kappa shape index (κ2) is 7.72. The molecule has 2 N–H and O–H groups in total. The minimum Gasteiger partial charge on any atom is -0.496 e. The van der Waals surface area contributed by atoms with Crippen molar-refractivity contribution in [2.75, 3.05) is 20.3 Å². The van der Waals surface area contributed by atoms with Gasteiger partial charge in [-0.2, -0.15) is 0 Å². The molecule has 0 bridgehead atoms. The van der Waals surface area contributed by atoms with E-state index in [4.69, 9.17) is 9.47 Å². The number of nitrogens with zero attached hydrogens (tertiary/aromatic N) is 1. The highest BCUT2D eigenvalue weighted by Gasteiger charge is 2.32. The molecule has 1 aliphatic heterocycles. The van der Waals surface area contributed by atoms with Crippen LogP contribution in [0.3, 0.4) is 0 Å². The molecule has 26 heavy (non-hydrogen) atoms. The molecule has 138 valence electrons. The molecular formula is C19H20FNO5. The van der Waals surface area contributed by atoms with Crippen molar-refractivity contribution in [3.8, 4) is 11.5 Å². The van der Waals surface area contributed by atoms with Crippen LogP contribution < -0.4 is 9.47 Å². The zero-order valence-corrected chi connectivity index (χ0v) is 14.3. The lowest BCUT2D eigenvalue weighted by Crippen LogP contribution is -2.35. The van der Waals surface area contributed by atoms with Gasteiger partial charge in [0.1, 0.15) is 30.0 Å². The number of hydrogen-bond donors (Lipinski definition) is 2. The number of aliphatic hydroxyl groups excluding tert-OH is 1. The van der Waals surface area contributed by atoms with Gasteiger partial charge in [-0.3, -0.25) is 9.69 Å². The Labute approximate surface area is 150 Å². The van der Waals surface area contributed by atoms with Crippen LogP contribution in [0.2, 0.25) is 0 Å². The number of benzene rings is 2. The molecule has 6 nitrogen and oxygen atoms in total. The maximum Gasteiger partial charge on any atom is 0.325 e. The van der Waals surface area contributed by atoms with Crippen molar-refractivity contribution in [1.82, 2.24) is 4.90 Å². The van der Waals surface area contributed by atoms with E-state index in [1.165, 1.54) is 25.3 Å². The summed E-state index contributed by atoms with van der Waals surface area (Å²) in [6.45, 7) is 0.819. The first-order chi connectivity index (χ1) is 12.5. The molecule has 2 aromatic carbocycles. The molecule has 3 rings (SSSR count). The van der Waals surface area contributed by atoms with E-state index in [0.717, 1.165) is 5.56 Å². The summed E-state index contributed by atoms with van der Waals surface area (Å²) in [5.74, 6) is -0.662. The minimum absolute atomic E-state index is 0.118. The maximum atomic E-state index is 13.8. The monoisotopic (exact) mass is 361 g/mol. The lowest BCUT2D eigenvalue weighted by atomic mass is 10.0. The van der Waals surface area contributed by atoms with Crippen molar-refractivity contribution in [1.29, 1.82) is 0 Å².